The van der Waals surface area contributed by atoms with E-state index in [0.717, 1.165) is 43.1 Å². The number of anilines is 1. The lowest BCUT2D eigenvalue weighted by atomic mass is 9.95. The van der Waals surface area contributed by atoms with Crippen LogP contribution in [0.15, 0.2) is 69.6 Å². The summed E-state index contributed by atoms with van der Waals surface area (Å²) >= 11 is 1.31. The van der Waals surface area contributed by atoms with Crippen LogP contribution in [-0.4, -0.2) is 50.6 Å². The van der Waals surface area contributed by atoms with Gasteiger partial charge in [-0.3, -0.25) is 9.36 Å². The van der Waals surface area contributed by atoms with Crippen LogP contribution in [-0.2, 0) is 14.3 Å². The summed E-state index contributed by atoms with van der Waals surface area (Å²) in [6.07, 6.45) is 1.87. The van der Waals surface area contributed by atoms with Crippen molar-refractivity contribution >= 4 is 29.1 Å². The van der Waals surface area contributed by atoms with Crippen LogP contribution in [0.1, 0.15) is 31.0 Å². The van der Waals surface area contributed by atoms with E-state index >= 15 is 0 Å². The van der Waals surface area contributed by atoms with Crippen molar-refractivity contribution in [2.24, 2.45) is 4.99 Å². The van der Waals surface area contributed by atoms with Gasteiger partial charge in [0.1, 0.15) is 5.75 Å². The van der Waals surface area contributed by atoms with Gasteiger partial charge in [0.2, 0.25) is 0 Å². The summed E-state index contributed by atoms with van der Waals surface area (Å²) in [6.45, 7) is 6.95. The summed E-state index contributed by atoms with van der Waals surface area (Å²) in [5, 5.41) is 0. The summed E-state index contributed by atoms with van der Waals surface area (Å²) in [5.74, 6) is 0.155. The molecule has 37 heavy (non-hydrogen) atoms. The van der Waals surface area contributed by atoms with Gasteiger partial charge in [-0.25, -0.2) is 9.79 Å². The van der Waals surface area contributed by atoms with Crippen molar-refractivity contribution in [3.8, 4) is 5.75 Å². The topological polar surface area (TPSA) is 82.4 Å². The second-order valence-corrected chi connectivity index (χ2v) is 9.78. The number of hydrogen-bond acceptors (Lipinski definition) is 8. The Balaban J connectivity index is 1.59. The van der Waals surface area contributed by atoms with Gasteiger partial charge in [0, 0.05) is 18.8 Å². The predicted molar refractivity (Wildman–Crippen MR) is 143 cm³/mol. The molecule has 2 aromatic carbocycles. The van der Waals surface area contributed by atoms with E-state index in [2.05, 4.69) is 22.0 Å². The fraction of sp³-hybridized carbons (Fsp3) is 0.321. The zero-order valence-electron chi connectivity index (χ0n) is 21.1. The third kappa shape index (κ3) is 4.97. The minimum atomic E-state index is -0.670. The Kier molecular flexibility index (Phi) is 7.25. The number of hydrogen-bond donors (Lipinski definition) is 0. The average molecular weight is 520 g/mol. The predicted octanol–water partition coefficient (Wildman–Crippen LogP) is 2.64. The lowest BCUT2D eigenvalue weighted by Gasteiger charge is -2.28. The van der Waals surface area contributed by atoms with E-state index in [4.69, 9.17) is 14.2 Å². The number of methoxy groups -OCH3 is 1. The van der Waals surface area contributed by atoms with Crippen molar-refractivity contribution in [2.45, 2.75) is 19.9 Å². The zero-order chi connectivity index (χ0) is 25.9. The number of thiazole rings is 1. The molecule has 3 heterocycles. The third-order valence-corrected chi connectivity index (χ3v) is 7.48. The molecule has 0 spiro atoms. The Hall–Kier alpha value is -3.69. The second kappa shape index (κ2) is 10.7. The number of aromatic nitrogens is 1. The standard InChI is InChI=1S/C28H29N3O5S/c1-4-36-27(33)24-18(2)29-28-31(25(24)20-6-5-7-22(17-20)34-3)26(32)23(37-28)16-19-8-10-21(11-9-19)30-12-14-35-15-13-30/h5-11,16-17,25H,4,12-15H2,1-3H3/b23-16+/t25-/m1/s1. The van der Waals surface area contributed by atoms with Gasteiger partial charge < -0.3 is 19.1 Å². The van der Waals surface area contributed by atoms with Crippen LogP contribution in [0.25, 0.3) is 6.08 Å². The van der Waals surface area contributed by atoms with Crippen molar-refractivity contribution in [3.63, 3.8) is 0 Å². The van der Waals surface area contributed by atoms with Gasteiger partial charge in [-0.1, -0.05) is 35.6 Å². The lowest BCUT2D eigenvalue weighted by molar-refractivity contribution is -0.139. The molecule has 9 heteroatoms. The fourth-order valence-electron chi connectivity index (χ4n) is 4.67. The van der Waals surface area contributed by atoms with Crippen molar-refractivity contribution in [1.29, 1.82) is 0 Å². The Morgan fingerprint density at radius 1 is 1.19 bits per heavy atom. The number of nitrogens with zero attached hydrogens (tertiary/aromatic N) is 3. The van der Waals surface area contributed by atoms with Crippen LogP contribution in [0.3, 0.4) is 0 Å². The Labute approximate surface area is 218 Å². The monoisotopic (exact) mass is 519 g/mol. The Bertz CT molecular complexity index is 1510. The van der Waals surface area contributed by atoms with Crippen molar-refractivity contribution in [3.05, 3.63) is 90.6 Å². The average Bonchev–Trinajstić information content (AvgIpc) is 3.23. The van der Waals surface area contributed by atoms with Gasteiger partial charge in [-0.15, -0.1) is 0 Å². The van der Waals surface area contributed by atoms with Crippen LogP contribution in [0.5, 0.6) is 5.75 Å². The van der Waals surface area contributed by atoms with Crippen molar-refractivity contribution in [1.82, 2.24) is 4.57 Å². The number of esters is 1. The molecule has 1 atom stereocenters. The number of allylic oxidation sites excluding steroid dienone is 1. The van der Waals surface area contributed by atoms with E-state index in [-0.39, 0.29) is 12.2 Å². The number of morpholine rings is 1. The molecule has 0 N–H and O–H groups in total. The molecule has 2 aliphatic rings. The number of rotatable bonds is 6. The lowest BCUT2D eigenvalue weighted by Crippen LogP contribution is -2.39. The maximum Gasteiger partial charge on any atom is 0.338 e. The van der Waals surface area contributed by atoms with Crippen LogP contribution >= 0.6 is 11.3 Å². The number of carbonyl (C=O) groups excluding carboxylic acids is 1. The second-order valence-electron chi connectivity index (χ2n) is 8.77. The van der Waals surface area contributed by atoms with Gasteiger partial charge in [-0.05, 0) is 55.3 Å². The normalized spacial score (nSPS) is 17.9. The molecule has 0 saturated carbocycles. The number of carbonyl (C=O) groups is 1. The molecule has 192 valence electrons. The first-order chi connectivity index (χ1) is 18.0. The maximum atomic E-state index is 13.8. The summed E-state index contributed by atoms with van der Waals surface area (Å²) in [7, 11) is 1.59. The van der Waals surface area contributed by atoms with Crippen molar-refractivity contribution < 1.29 is 19.0 Å². The molecule has 0 bridgehead atoms. The van der Waals surface area contributed by atoms with E-state index in [0.29, 0.717) is 26.4 Å². The molecule has 0 aliphatic carbocycles. The maximum absolute atomic E-state index is 13.8. The fourth-order valence-corrected chi connectivity index (χ4v) is 5.72. The van der Waals surface area contributed by atoms with Crippen LogP contribution in [0.2, 0.25) is 0 Å². The SMILES string of the molecule is CCOC(=O)C1=C(C)N=c2s/c(=C/c3ccc(N4CCOCC4)cc3)c(=O)n2[C@@H]1c1cccc(OC)c1. The van der Waals surface area contributed by atoms with Crippen LogP contribution in [0.4, 0.5) is 5.69 Å². The first-order valence-electron chi connectivity index (χ1n) is 12.3. The van der Waals surface area contributed by atoms with Crippen molar-refractivity contribution in [2.75, 3.05) is 44.9 Å². The van der Waals surface area contributed by atoms with Gasteiger partial charge in [-0.2, -0.15) is 0 Å². The number of benzene rings is 2. The van der Waals surface area contributed by atoms with E-state index < -0.39 is 12.0 Å². The molecular weight excluding hydrogens is 490 g/mol. The highest BCUT2D eigenvalue weighted by Gasteiger charge is 2.33. The van der Waals surface area contributed by atoms with Crippen LogP contribution < -0.4 is 24.5 Å². The number of fused-ring (bicyclic) bond motifs is 1. The summed E-state index contributed by atoms with van der Waals surface area (Å²) in [6, 6.07) is 14.9. The molecule has 1 fully saturated rings. The number of ether oxygens (including phenoxy) is 3. The van der Waals surface area contributed by atoms with E-state index in [9.17, 15) is 9.59 Å². The minimum Gasteiger partial charge on any atom is -0.497 e. The van der Waals surface area contributed by atoms with E-state index in [1.54, 1.807) is 25.5 Å². The molecule has 1 aromatic heterocycles. The quantitative estimate of drug-likeness (QED) is 0.466. The summed E-state index contributed by atoms with van der Waals surface area (Å²) in [5.41, 5.74) is 3.48. The van der Waals surface area contributed by atoms with Gasteiger partial charge in [0.15, 0.2) is 4.80 Å². The third-order valence-electron chi connectivity index (χ3n) is 6.49. The molecule has 8 nitrogen and oxygen atoms in total. The molecule has 0 unspecified atom stereocenters. The molecule has 0 radical (unpaired) electrons. The highest BCUT2D eigenvalue weighted by atomic mass is 32.1. The summed E-state index contributed by atoms with van der Waals surface area (Å²) < 4.78 is 18.4. The molecule has 1 saturated heterocycles. The molecule has 0 amide bonds. The van der Waals surface area contributed by atoms with E-state index in [1.165, 1.54) is 11.3 Å². The zero-order valence-corrected chi connectivity index (χ0v) is 21.9. The Morgan fingerprint density at radius 2 is 1.95 bits per heavy atom. The van der Waals surface area contributed by atoms with E-state index in [1.807, 2.05) is 42.5 Å². The van der Waals surface area contributed by atoms with Gasteiger partial charge in [0.25, 0.3) is 5.56 Å². The first-order valence-corrected chi connectivity index (χ1v) is 13.1. The highest BCUT2D eigenvalue weighted by Crippen LogP contribution is 2.32. The Morgan fingerprint density at radius 3 is 2.65 bits per heavy atom. The smallest absolute Gasteiger partial charge is 0.338 e. The van der Waals surface area contributed by atoms with Gasteiger partial charge in [0.05, 0.1) is 48.8 Å². The highest BCUT2D eigenvalue weighted by molar-refractivity contribution is 7.07. The van der Waals surface area contributed by atoms with Crippen LogP contribution in [0, 0.1) is 0 Å². The molecule has 5 rings (SSSR count). The molecule has 3 aromatic rings. The molecular formula is C28H29N3O5S. The molecule has 2 aliphatic heterocycles. The summed E-state index contributed by atoms with van der Waals surface area (Å²) in [4.78, 5) is 34.2. The van der Waals surface area contributed by atoms with Gasteiger partial charge >= 0.3 is 5.97 Å². The largest absolute Gasteiger partial charge is 0.497 e. The minimum absolute atomic E-state index is 0.205. The first kappa shape index (κ1) is 25.0.